The fraction of sp³-hybridized carbons (Fsp3) is 0.455. The van der Waals surface area contributed by atoms with Gasteiger partial charge in [-0.1, -0.05) is 23.8 Å². The van der Waals surface area contributed by atoms with Gasteiger partial charge in [-0.2, -0.15) is 0 Å². The third kappa shape index (κ3) is 4.28. The summed E-state index contributed by atoms with van der Waals surface area (Å²) in [6, 6.07) is 12.0. The molecule has 28 heavy (non-hydrogen) atoms. The predicted molar refractivity (Wildman–Crippen MR) is 110 cm³/mol. The number of hydrogen-bond acceptors (Lipinski definition) is 4. The largest absolute Gasteiger partial charge is 0.376 e. The summed E-state index contributed by atoms with van der Waals surface area (Å²) >= 11 is 1.66. The highest BCUT2D eigenvalue weighted by atomic mass is 32.1. The molecule has 2 saturated heterocycles. The average molecular weight is 399 g/mol. The lowest BCUT2D eigenvalue weighted by Gasteiger charge is -2.27. The maximum absolute atomic E-state index is 13.3. The van der Waals surface area contributed by atoms with Crippen LogP contribution in [0.1, 0.15) is 29.7 Å². The molecule has 148 valence electrons. The Morgan fingerprint density at radius 1 is 1.29 bits per heavy atom. The Bertz CT molecular complexity index is 813. The Balaban J connectivity index is 1.47. The first-order chi connectivity index (χ1) is 13.6. The van der Waals surface area contributed by atoms with Gasteiger partial charge < -0.3 is 14.5 Å². The molecule has 0 saturated carbocycles. The van der Waals surface area contributed by atoms with E-state index < -0.39 is 0 Å². The van der Waals surface area contributed by atoms with Gasteiger partial charge in [-0.15, -0.1) is 11.3 Å². The van der Waals surface area contributed by atoms with E-state index in [1.165, 1.54) is 0 Å². The van der Waals surface area contributed by atoms with E-state index >= 15 is 0 Å². The van der Waals surface area contributed by atoms with Crippen molar-refractivity contribution in [1.82, 2.24) is 4.90 Å². The molecule has 2 aliphatic heterocycles. The van der Waals surface area contributed by atoms with Gasteiger partial charge in [-0.25, -0.2) is 0 Å². The summed E-state index contributed by atoms with van der Waals surface area (Å²) in [4.78, 5) is 30.7. The second-order valence-electron chi connectivity index (χ2n) is 7.67. The Kier molecular flexibility index (Phi) is 5.78. The molecule has 1 aromatic heterocycles. The van der Waals surface area contributed by atoms with Crippen LogP contribution >= 0.6 is 11.3 Å². The standard InChI is InChI=1S/C22H26N2O3S/c1-16-6-8-18(9-7-16)24-13-17(12-21(24)25)22(26)23(14-19-4-2-10-27-19)15-20-5-3-11-28-20/h3,5-9,11,17,19H,2,4,10,12-15H2,1H3. The highest BCUT2D eigenvalue weighted by Crippen LogP contribution is 2.28. The molecular weight excluding hydrogens is 372 g/mol. The van der Waals surface area contributed by atoms with Crippen molar-refractivity contribution < 1.29 is 14.3 Å². The van der Waals surface area contributed by atoms with Crippen molar-refractivity contribution in [3.8, 4) is 0 Å². The van der Waals surface area contributed by atoms with Gasteiger partial charge >= 0.3 is 0 Å². The van der Waals surface area contributed by atoms with Crippen molar-refractivity contribution >= 4 is 28.8 Å². The van der Waals surface area contributed by atoms with Crippen LogP contribution in [0.3, 0.4) is 0 Å². The van der Waals surface area contributed by atoms with Crippen molar-refractivity contribution in [2.24, 2.45) is 5.92 Å². The number of aryl methyl sites for hydroxylation is 1. The van der Waals surface area contributed by atoms with E-state index in [4.69, 9.17) is 4.74 Å². The summed E-state index contributed by atoms with van der Waals surface area (Å²) in [5.41, 5.74) is 2.02. The van der Waals surface area contributed by atoms with Crippen LogP contribution in [0.25, 0.3) is 0 Å². The molecule has 2 aliphatic rings. The third-order valence-electron chi connectivity index (χ3n) is 5.51. The van der Waals surface area contributed by atoms with Crippen LogP contribution in [0.4, 0.5) is 5.69 Å². The summed E-state index contributed by atoms with van der Waals surface area (Å²) < 4.78 is 5.77. The monoisotopic (exact) mass is 398 g/mol. The number of carbonyl (C=O) groups excluding carboxylic acids is 2. The molecule has 2 fully saturated rings. The molecule has 0 N–H and O–H groups in total. The molecule has 2 amide bonds. The SMILES string of the molecule is Cc1ccc(N2CC(C(=O)N(Cc3cccs3)CC3CCCO3)CC2=O)cc1. The molecule has 2 atom stereocenters. The lowest BCUT2D eigenvalue weighted by molar-refractivity contribution is -0.138. The number of anilines is 1. The van der Waals surface area contributed by atoms with Gasteiger partial charge in [0.25, 0.3) is 0 Å². The van der Waals surface area contributed by atoms with Gasteiger partial charge in [0.2, 0.25) is 11.8 Å². The number of nitrogens with zero attached hydrogens (tertiary/aromatic N) is 2. The zero-order valence-corrected chi connectivity index (χ0v) is 17.0. The second-order valence-corrected chi connectivity index (χ2v) is 8.71. The number of thiophene rings is 1. The van der Waals surface area contributed by atoms with E-state index in [2.05, 4.69) is 6.07 Å². The molecule has 6 heteroatoms. The number of carbonyl (C=O) groups is 2. The number of ether oxygens (including phenoxy) is 1. The lowest BCUT2D eigenvalue weighted by atomic mass is 10.1. The normalized spacial score (nSPS) is 22.0. The van der Waals surface area contributed by atoms with E-state index in [1.54, 1.807) is 16.2 Å². The van der Waals surface area contributed by atoms with E-state index in [0.29, 0.717) is 19.6 Å². The predicted octanol–water partition coefficient (Wildman–Crippen LogP) is 3.62. The molecule has 0 aliphatic carbocycles. The fourth-order valence-electron chi connectivity index (χ4n) is 3.96. The molecule has 2 aromatic rings. The minimum Gasteiger partial charge on any atom is -0.376 e. The first-order valence-electron chi connectivity index (χ1n) is 9.90. The van der Waals surface area contributed by atoms with E-state index in [1.807, 2.05) is 47.5 Å². The zero-order chi connectivity index (χ0) is 19.5. The molecule has 0 bridgehead atoms. The Morgan fingerprint density at radius 2 is 2.11 bits per heavy atom. The summed E-state index contributed by atoms with van der Waals surface area (Å²) in [6.45, 7) is 4.44. The number of rotatable bonds is 6. The average Bonchev–Trinajstić information content (AvgIpc) is 3.44. The van der Waals surface area contributed by atoms with Gasteiger partial charge in [0, 0.05) is 36.7 Å². The molecule has 3 heterocycles. The van der Waals surface area contributed by atoms with Crippen LogP contribution in [0.15, 0.2) is 41.8 Å². The first-order valence-corrected chi connectivity index (χ1v) is 10.8. The van der Waals surface area contributed by atoms with Gasteiger partial charge in [0.1, 0.15) is 0 Å². The summed E-state index contributed by atoms with van der Waals surface area (Å²) in [5, 5.41) is 2.03. The number of benzene rings is 1. The molecular formula is C22H26N2O3S. The van der Waals surface area contributed by atoms with Crippen LogP contribution in [0.5, 0.6) is 0 Å². The van der Waals surface area contributed by atoms with Crippen molar-refractivity contribution in [2.75, 3.05) is 24.6 Å². The topological polar surface area (TPSA) is 49.9 Å². The maximum Gasteiger partial charge on any atom is 0.228 e. The first kappa shape index (κ1) is 19.2. The maximum atomic E-state index is 13.3. The number of amides is 2. The minimum atomic E-state index is -0.296. The molecule has 0 spiro atoms. The molecule has 1 aromatic carbocycles. The Labute approximate surface area is 169 Å². The van der Waals surface area contributed by atoms with Gasteiger partial charge in [0.05, 0.1) is 18.6 Å². The molecule has 4 rings (SSSR count). The fourth-order valence-corrected chi connectivity index (χ4v) is 4.68. The smallest absolute Gasteiger partial charge is 0.228 e. The highest BCUT2D eigenvalue weighted by Gasteiger charge is 2.38. The van der Waals surface area contributed by atoms with Crippen LogP contribution in [0, 0.1) is 12.8 Å². The van der Waals surface area contributed by atoms with Crippen molar-refractivity contribution in [3.05, 3.63) is 52.2 Å². The number of hydrogen-bond donors (Lipinski definition) is 0. The quantitative estimate of drug-likeness (QED) is 0.747. The van der Waals surface area contributed by atoms with Crippen molar-refractivity contribution in [3.63, 3.8) is 0 Å². The molecule has 0 radical (unpaired) electrons. The Morgan fingerprint density at radius 3 is 2.79 bits per heavy atom. The summed E-state index contributed by atoms with van der Waals surface area (Å²) in [7, 11) is 0. The lowest BCUT2D eigenvalue weighted by Crippen LogP contribution is -2.41. The van der Waals surface area contributed by atoms with E-state index in [-0.39, 0.29) is 30.3 Å². The zero-order valence-electron chi connectivity index (χ0n) is 16.2. The van der Waals surface area contributed by atoms with Crippen LogP contribution in [-0.4, -0.2) is 42.5 Å². The van der Waals surface area contributed by atoms with Crippen LogP contribution in [0.2, 0.25) is 0 Å². The summed E-state index contributed by atoms with van der Waals surface area (Å²) in [5.74, 6) is -0.211. The molecule has 5 nitrogen and oxygen atoms in total. The van der Waals surface area contributed by atoms with E-state index in [9.17, 15) is 9.59 Å². The Hall–Kier alpha value is -2.18. The second kappa shape index (κ2) is 8.45. The van der Waals surface area contributed by atoms with Gasteiger partial charge in [-0.3, -0.25) is 9.59 Å². The van der Waals surface area contributed by atoms with Crippen molar-refractivity contribution in [2.45, 2.75) is 38.8 Å². The summed E-state index contributed by atoms with van der Waals surface area (Å²) in [6.07, 6.45) is 2.43. The molecule has 2 unspecified atom stereocenters. The third-order valence-corrected chi connectivity index (χ3v) is 6.37. The van der Waals surface area contributed by atoms with Gasteiger partial charge in [0.15, 0.2) is 0 Å². The van der Waals surface area contributed by atoms with Crippen LogP contribution < -0.4 is 4.90 Å². The van der Waals surface area contributed by atoms with Crippen LogP contribution in [-0.2, 0) is 20.9 Å². The highest BCUT2D eigenvalue weighted by molar-refractivity contribution is 7.09. The van der Waals surface area contributed by atoms with Gasteiger partial charge in [-0.05, 0) is 43.3 Å². The minimum absolute atomic E-state index is 0.0235. The van der Waals surface area contributed by atoms with Crippen molar-refractivity contribution in [1.29, 1.82) is 0 Å². The van der Waals surface area contributed by atoms with E-state index in [0.717, 1.165) is 35.6 Å².